The molecule has 1 unspecified atom stereocenters. The van der Waals surface area contributed by atoms with Crippen molar-refractivity contribution in [3.63, 3.8) is 0 Å². The lowest BCUT2D eigenvalue weighted by molar-refractivity contribution is -0.137. The van der Waals surface area contributed by atoms with Gasteiger partial charge in [-0.3, -0.25) is 9.59 Å². The van der Waals surface area contributed by atoms with Crippen molar-refractivity contribution in [1.82, 2.24) is 9.80 Å². The standard InChI is InChI=1S/C29H44N2O2/c1-5-31(27(33)21-22-9-8-12-26(22)32)25-13-14-29(24-11-7-6-10-23(24)25)16-19-30(20-17-29)18-15-28(2,3)4/h6-7,10-11,22,25H,5,8-9,12-21H2,1-4H3/t22?,25-/m0/s1. The number of benzene rings is 1. The molecule has 1 heterocycles. The first-order valence-electron chi connectivity index (χ1n) is 13.4. The van der Waals surface area contributed by atoms with E-state index in [1.54, 1.807) is 0 Å². The fraction of sp³-hybridized carbons (Fsp3) is 0.724. The van der Waals surface area contributed by atoms with Gasteiger partial charge in [-0.2, -0.15) is 0 Å². The third-order valence-electron chi connectivity index (χ3n) is 8.67. The lowest BCUT2D eigenvalue weighted by atomic mass is 9.63. The smallest absolute Gasteiger partial charge is 0.223 e. The molecule has 182 valence electrons. The summed E-state index contributed by atoms with van der Waals surface area (Å²) in [7, 11) is 0. The highest BCUT2D eigenvalue weighted by molar-refractivity contribution is 5.88. The molecular weight excluding hydrogens is 408 g/mol. The van der Waals surface area contributed by atoms with E-state index in [0.717, 1.165) is 25.7 Å². The average molecular weight is 453 g/mol. The third kappa shape index (κ3) is 5.37. The molecule has 2 fully saturated rings. The van der Waals surface area contributed by atoms with Crippen molar-refractivity contribution in [2.45, 2.75) is 96.9 Å². The first-order chi connectivity index (χ1) is 15.7. The number of fused-ring (bicyclic) bond motifs is 2. The Morgan fingerprint density at radius 2 is 1.85 bits per heavy atom. The molecular formula is C29H44N2O2. The normalized spacial score (nSPS) is 25.3. The number of piperidine rings is 1. The Bertz CT molecular complexity index is 847. The zero-order chi connectivity index (χ0) is 23.6. The van der Waals surface area contributed by atoms with Gasteiger partial charge in [0.15, 0.2) is 0 Å². The average Bonchev–Trinajstić information content (AvgIpc) is 3.19. The van der Waals surface area contributed by atoms with Gasteiger partial charge < -0.3 is 9.80 Å². The summed E-state index contributed by atoms with van der Waals surface area (Å²) in [6.07, 6.45) is 8.78. The molecule has 1 saturated carbocycles. The quantitative estimate of drug-likeness (QED) is 0.540. The molecule has 1 spiro atoms. The number of Topliss-reactive ketones (excluding diaryl/α,β-unsaturated/α-hetero) is 1. The minimum absolute atomic E-state index is 0.0471. The molecule has 0 aromatic heterocycles. The number of ketones is 1. The van der Waals surface area contributed by atoms with Gasteiger partial charge in [0.1, 0.15) is 5.78 Å². The van der Waals surface area contributed by atoms with Crippen LogP contribution in [0.15, 0.2) is 24.3 Å². The van der Waals surface area contributed by atoms with Gasteiger partial charge in [-0.25, -0.2) is 0 Å². The molecule has 1 aliphatic heterocycles. The summed E-state index contributed by atoms with van der Waals surface area (Å²) in [5.74, 6) is 0.417. The first-order valence-corrected chi connectivity index (χ1v) is 13.4. The van der Waals surface area contributed by atoms with Crippen LogP contribution in [0.1, 0.15) is 103 Å². The van der Waals surface area contributed by atoms with Gasteiger partial charge in [0.2, 0.25) is 5.91 Å². The number of likely N-dealkylation sites (tertiary alicyclic amines) is 1. The predicted octanol–water partition coefficient (Wildman–Crippen LogP) is 5.90. The Hall–Kier alpha value is -1.68. The van der Waals surface area contributed by atoms with Crippen LogP contribution < -0.4 is 0 Å². The van der Waals surface area contributed by atoms with Crippen molar-refractivity contribution < 1.29 is 9.59 Å². The molecule has 2 atom stereocenters. The monoisotopic (exact) mass is 452 g/mol. The van der Waals surface area contributed by atoms with E-state index in [4.69, 9.17) is 0 Å². The molecule has 1 saturated heterocycles. The fourth-order valence-electron chi connectivity index (χ4n) is 6.52. The van der Waals surface area contributed by atoms with Gasteiger partial charge in [0, 0.05) is 25.3 Å². The van der Waals surface area contributed by atoms with Gasteiger partial charge in [0.05, 0.1) is 6.04 Å². The summed E-state index contributed by atoms with van der Waals surface area (Å²) < 4.78 is 0. The van der Waals surface area contributed by atoms with Crippen molar-refractivity contribution in [2.24, 2.45) is 11.3 Å². The van der Waals surface area contributed by atoms with E-state index in [-0.39, 0.29) is 23.3 Å². The van der Waals surface area contributed by atoms with E-state index >= 15 is 0 Å². The lowest BCUT2D eigenvalue weighted by Crippen LogP contribution is -2.47. The zero-order valence-corrected chi connectivity index (χ0v) is 21.4. The summed E-state index contributed by atoms with van der Waals surface area (Å²) in [6, 6.07) is 9.08. The van der Waals surface area contributed by atoms with Crippen LogP contribution in [-0.4, -0.2) is 47.7 Å². The third-order valence-corrected chi connectivity index (χ3v) is 8.67. The van der Waals surface area contributed by atoms with Crippen LogP contribution in [0.5, 0.6) is 0 Å². The summed E-state index contributed by atoms with van der Waals surface area (Å²) in [4.78, 5) is 30.2. The Labute approximate surface area is 201 Å². The summed E-state index contributed by atoms with van der Waals surface area (Å²) in [5, 5.41) is 0. The number of rotatable bonds is 6. The minimum atomic E-state index is -0.0471. The topological polar surface area (TPSA) is 40.6 Å². The molecule has 4 heteroatoms. The second kappa shape index (κ2) is 9.90. The summed E-state index contributed by atoms with van der Waals surface area (Å²) in [6.45, 7) is 13.4. The van der Waals surface area contributed by atoms with Gasteiger partial charge >= 0.3 is 0 Å². The van der Waals surface area contributed by atoms with Crippen LogP contribution in [0.3, 0.4) is 0 Å². The van der Waals surface area contributed by atoms with Crippen molar-refractivity contribution in [2.75, 3.05) is 26.2 Å². The molecule has 0 bridgehead atoms. The van der Waals surface area contributed by atoms with E-state index in [1.807, 2.05) is 0 Å². The number of hydrogen-bond donors (Lipinski definition) is 0. The van der Waals surface area contributed by atoms with E-state index in [2.05, 4.69) is 61.8 Å². The molecule has 1 aromatic rings. The van der Waals surface area contributed by atoms with Crippen molar-refractivity contribution >= 4 is 11.7 Å². The molecule has 4 rings (SSSR count). The Morgan fingerprint density at radius 1 is 1.12 bits per heavy atom. The van der Waals surface area contributed by atoms with Gasteiger partial charge in [-0.15, -0.1) is 0 Å². The molecule has 0 N–H and O–H groups in total. The maximum atomic E-state index is 13.3. The van der Waals surface area contributed by atoms with E-state index in [9.17, 15) is 9.59 Å². The van der Waals surface area contributed by atoms with Gasteiger partial charge in [0.25, 0.3) is 0 Å². The van der Waals surface area contributed by atoms with Crippen LogP contribution in [-0.2, 0) is 15.0 Å². The molecule has 1 aromatic carbocycles. The molecule has 0 radical (unpaired) electrons. The molecule has 2 aliphatic carbocycles. The molecule has 4 nitrogen and oxygen atoms in total. The maximum absolute atomic E-state index is 13.3. The Kier molecular flexibility index (Phi) is 7.33. The first kappa shape index (κ1) is 24.4. The highest BCUT2D eigenvalue weighted by Crippen LogP contribution is 2.49. The number of hydrogen-bond acceptors (Lipinski definition) is 3. The highest BCUT2D eigenvalue weighted by atomic mass is 16.2. The van der Waals surface area contributed by atoms with Crippen molar-refractivity contribution in [1.29, 1.82) is 0 Å². The van der Waals surface area contributed by atoms with Crippen LogP contribution in [0.2, 0.25) is 0 Å². The SMILES string of the molecule is CCN(C(=O)CC1CCCC1=O)[C@H]1CCC2(CCN(CCC(C)(C)C)CC2)c2ccccc21. The van der Waals surface area contributed by atoms with E-state index < -0.39 is 0 Å². The van der Waals surface area contributed by atoms with Gasteiger partial charge in [-0.05, 0) is 93.5 Å². The van der Waals surface area contributed by atoms with E-state index in [0.29, 0.717) is 30.6 Å². The second-order valence-corrected chi connectivity index (χ2v) is 12.0. The van der Waals surface area contributed by atoms with Crippen molar-refractivity contribution in [3.05, 3.63) is 35.4 Å². The highest BCUT2D eigenvalue weighted by Gasteiger charge is 2.43. The Morgan fingerprint density at radius 3 is 2.48 bits per heavy atom. The summed E-state index contributed by atoms with van der Waals surface area (Å²) >= 11 is 0. The number of amides is 1. The molecule has 33 heavy (non-hydrogen) atoms. The lowest BCUT2D eigenvalue weighted by Gasteiger charge is -2.49. The largest absolute Gasteiger partial charge is 0.336 e. The maximum Gasteiger partial charge on any atom is 0.223 e. The summed E-state index contributed by atoms with van der Waals surface area (Å²) in [5.41, 5.74) is 3.49. The number of carbonyl (C=O) groups excluding carboxylic acids is 2. The van der Waals surface area contributed by atoms with Crippen LogP contribution in [0.25, 0.3) is 0 Å². The minimum Gasteiger partial charge on any atom is -0.336 e. The molecule has 3 aliphatic rings. The number of carbonyl (C=O) groups is 2. The Balaban J connectivity index is 1.48. The fourth-order valence-corrected chi connectivity index (χ4v) is 6.52. The van der Waals surface area contributed by atoms with Crippen LogP contribution >= 0.6 is 0 Å². The van der Waals surface area contributed by atoms with Gasteiger partial charge in [-0.1, -0.05) is 45.0 Å². The molecule has 1 amide bonds. The second-order valence-electron chi connectivity index (χ2n) is 12.0. The van der Waals surface area contributed by atoms with E-state index in [1.165, 1.54) is 50.0 Å². The zero-order valence-electron chi connectivity index (χ0n) is 21.4. The van der Waals surface area contributed by atoms with Crippen LogP contribution in [0, 0.1) is 11.3 Å². The predicted molar refractivity (Wildman–Crippen MR) is 134 cm³/mol. The van der Waals surface area contributed by atoms with Crippen LogP contribution in [0.4, 0.5) is 0 Å². The number of nitrogens with zero attached hydrogens (tertiary/aromatic N) is 2. The van der Waals surface area contributed by atoms with Crippen molar-refractivity contribution in [3.8, 4) is 0 Å².